The normalized spacial score (nSPS) is 11.7. The molecule has 4 heterocycles. The molecule has 0 N–H and O–H groups in total. The second-order valence-corrected chi connectivity index (χ2v) is 15.8. The Balaban J connectivity index is 1.22. The Morgan fingerprint density at radius 1 is 0.368 bits per heavy atom. The zero-order valence-electron chi connectivity index (χ0n) is 19.8. The Kier molecular flexibility index (Phi) is 5.72. The lowest BCUT2D eigenvalue weighted by Crippen LogP contribution is -1.72. The van der Waals surface area contributed by atoms with Crippen molar-refractivity contribution in [3.05, 3.63) is 109 Å². The van der Waals surface area contributed by atoms with E-state index in [-0.39, 0.29) is 0 Å². The fourth-order valence-electron chi connectivity index (χ4n) is 4.79. The summed E-state index contributed by atoms with van der Waals surface area (Å²) in [6.07, 6.45) is 0. The molecular formula is C32H18S6+2. The zero-order chi connectivity index (χ0) is 25.1. The van der Waals surface area contributed by atoms with E-state index in [2.05, 4.69) is 109 Å². The van der Waals surface area contributed by atoms with E-state index >= 15 is 0 Å². The molecule has 0 amide bonds. The maximum atomic E-state index is 2.42. The summed E-state index contributed by atoms with van der Waals surface area (Å²) in [5.41, 5.74) is 5.29. The number of fused-ring (bicyclic) bond motifs is 3. The van der Waals surface area contributed by atoms with Crippen LogP contribution in [0, 0.1) is 0 Å². The maximum Gasteiger partial charge on any atom is 0.189 e. The third-order valence-electron chi connectivity index (χ3n) is 6.56. The average molecular weight is 595 g/mol. The van der Waals surface area contributed by atoms with Crippen LogP contribution in [0.15, 0.2) is 109 Å². The zero-order valence-corrected chi connectivity index (χ0v) is 24.7. The second kappa shape index (κ2) is 9.42. The van der Waals surface area contributed by atoms with Gasteiger partial charge in [0.15, 0.2) is 27.2 Å². The molecule has 8 rings (SSSR count). The first kappa shape index (κ1) is 23.1. The first-order valence-corrected chi connectivity index (χ1v) is 17.1. The summed E-state index contributed by atoms with van der Waals surface area (Å²) >= 11 is 11.4. The standard InChI is InChI=1S/C32H18S6/c1-2-8-19-20(9-3-1)22(24-15-17-30(34-24)32-37-27-12-6-7-13-28(27)38-32)18-21(19)23-14-16-29(33-23)31-35-25-10-4-5-11-26(25)36-31/h1-18H/q+2. The van der Waals surface area contributed by atoms with E-state index in [1.165, 1.54) is 68.9 Å². The summed E-state index contributed by atoms with van der Waals surface area (Å²) in [6, 6.07) is 40.0. The van der Waals surface area contributed by atoms with Crippen molar-refractivity contribution >= 4 is 86.8 Å². The Labute approximate surface area is 244 Å². The Morgan fingerprint density at radius 2 is 0.763 bits per heavy atom. The predicted molar refractivity (Wildman–Crippen MR) is 176 cm³/mol. The van der Waals surface area contributed by atoms with Crippen LogP contribution in [-0.2, 0) is 0 Å². The van der Waals surface area contributed by atoms with Gasteiger partial charge in [-0.25, -0.2) is 0 Å². The van der Waals surface area contributed by atoms with Crippen molar-refractivity contribution in [1.29, 1.82) is 0 Å². The van der Waals surface area contributed by atoms with E-state index in [0.29, 0.717) is 0 Å². The number of hydrogen-bond acceptors (Lipinski definition) is 6. The van der Waals surface area contributed by atoms with Gasteiger partial charge >= 0.3 is 0 Å². The Bertz CT molecular complexity index is 1840. The molecule has 0 atom stereocenters. The summed E-state index contributed by atoms with van der Waals surface area (Å²) < 4.78 is 8.23. The van der Waals surface area contributed by atoms with Crippen molar-refractivity contribution in [2.75, 3.05) is 0 Å². The molecule has 0 aliphatic heterocycles. The average Bonchev–Trinajstić information content (AvgIpc) is 3.75. The molecule has 0 fully saturated rings. The van der Waals surface area contributed by atoms with E-state index in [1.807, 2.05) is 68.0 Å². The van der Waals surface area contributed by atoms with E-state index in [0.717, 1.165) is 0 Å². The van der Waals surface area contributed by atoms with E-state index in [4.69, 9.17) is 0 Å². The molecule has 0 unspecified atom stereocenters. The van der Waals surface area contributed by atoms with Crippen molar-refractivity contribution in [3.8, 4) is 50.1 Å². The highest BCUT2D eigenvalue weighted by Gasteiger charge is 2.23. The molecule has 0 nitrogen and oxygen atoms in total. The smallest absolute Gasteiger partial charge is 0.111 e. The largest absolute Gasteiger partial charge is 0.189 e. The number of benzene rings is 2. The minimum absolute atomic E-state index is 1.32. The molecule has 6 aromatic rings. The fraction of sp³-hybridized carbons (Fsp3) is 0. The van der Waals surface area contributed by atoms with E-state index in [9.17, 15) is 0 Å². The van der Waals surface area contributed by atoms with E-state index < -0.39 is 0 Å². The second-order valence-electron chi connectivity index (χ2n) is 8.91. The number of rotatable bonds is 4. The maximum absolute atomic E-state index is 2.42. The highest BCUT2D eigenvalue weighted by Crippen LogP contribution is 2.51. The summed E-state index contributed by atoms with van der Waals surface area (Å²) in [7, 11) is 0. The molecule has 2 aliphatic rings. The molecule has 0 radical (unpaired) electrons. The van der Waals surface area contributed by atoms with Crippen molar-refractivity contribution < 1.29 is 0 Å². The quantitative estimate of drug-likeness (QED) is 0.178. The minimum Gasteiger partial charge on any atom is -0.111 e. The first-order valence-electron chi connectivity index (χ1n) is 12.2. The van der Waals surface area contributed by atoms with Gasteiger partial charge in [0.1, 0.15) is 9.75 Å². The number of hydrogen-bond donors (Lipinski definition) is 0. The molecule has 0 spiro atoms. The lowest BCUT2D eigenvalue weighted by molar-refractivity contribution is 1.81. The molecule has 0 saturated carbocycles. The number of thiophene rings is 2. The van der Waals surface area contributed by atoms with Gasteiger partial charge in [-0.05, 0) is 98.9 Å². The minimum atomic E-state index is 1.32. The Hall–Kier alpha value is -2.84. The molecule has 4 aromatic heterocycles. The van der Waals surface area contributed by atoms with Crippen molar-refractivity contribution in [3.63, 3.8) is 0 Å². The van der Waals surface area contributed by atoms with Gasteiger partial charge in [0.05, 0.1) is 0 Å². The highest BCUT2D eigenvalue weighted by atomic mass is 32.2. The first-order chi connectivity index (χ1) is 18.8. The van der Waals surface area contributed by atoms with Gasteiger partial charge in [-0.3, -0.25) is 0 Å². The van der Waals surface area contributed by atoms with Crippen LogP contribution < -0.4 is 0 Å². The molecule has 2 aliphatic carbocycles. The van der Waals surface area contributed by atoms with Crippen LogP contribution in [0.1, 0.15) is 0 Å². The van der Waals surface area contributed by atoms with E-state index in [1.54, 1.807) is 0 Å². The van der Waals surface area contributed by atoms with Crippen LogP contribution in [0.2, 0.25) is 0 Å². The monoisotopic (exact) mass is 594 g/mol. The molecule has 6 heteroatoms. The molecule has 0 saturated heterocycles. The topological polar surface area (TPSA) is 0 Å². The van der Waals surface area contributed by atoms with Crippen molar-refractivity contribution in [1.82, 2.24) is 0 Å². The van der Waals surface area contributed by atoms with Crippen LogP contribution in [0.5, 0.6) is 0 Å². The molecule has 0 bridgehead atoms. The van der Waals surface area contributed by atoms with Crippen LogP contribution in [0.4, 0.5) is 0 Å². The lowest BCUT2D eigenvalue weighted by Gasteiger charge is -1.99. The summed E-state index contributed by atoms with van der Waals surface area (Å²) in [5, 5.41) is 0. The van der Waals surface area contributed by atoms with Gasteiger partial charge in [0.2, 0.25) is 0 Å². The van der Waals surface area contributed by atoms with Crippen LogP contribution in [0.3, 0.4) is 0 Å². The van der Waals surface area contributed by atoms with Crippen LogP contribution >= 0.6 is 68.0 Å². The van der Waals surface area contributed by atoms with Crippen LogP contribution in [0.25, 0.3) is 68.9 Å². The van der Waals surface area contributed by atoms with Crippen LogP contribution in [-0.4, -0.2) is 0 Å². The van der Waals surface area contributed by atoms with Crippen molar-refractivity contribution in [2.24, 2.45) is 0 Å². The Morgan fingerprint density at radius 3 is 1.18 bits per heavy atom. The third-order valence-corrected chi connectivity index (χ3v) is 14.5. The lowest BCUT2D eigenvalue weighted by atomic mass is 10.1. The molecule has 38 heavy (non-hydrogen) atoms. The van der Waals surface area contributed by atoms with Gasteiger partial charge in [-0.2, -0.15) is 0 Å². The molecule has 2 aromatic carbocycles. The van der Waals surface area contributed by atoms with Crippen molar-refractivity contribution in [2.45, 2.75) is 0 Å². The van der Waals surface area contributed by atoms with Gasteiger partial charge in [0.25, 0.3) is 0 Å². The van der Waals surface area contributed by atoms with Gasteiger partial charge in [-0.1, -0.05) is 30.3 Å². The third kappa shape index (κ3) is 3.95. The SMILES string of the molecule is c1ccc2c(-c3ccc(-[c+]4sc5ccccc5s4)s3)cc(-c3ccc(-[c+]4sc5ccccc5s4)s3)c-2cc1. The van der Waals surface area contributed by atoms with Gasteiger partial charge in [0, 0.05) is 57.3 Å². The van der Waals surface area contributed by atoms with Gasteiger partial charge in [-0.15, -0.1) is 22.7 Å². The summed E-state index contributed by atoms with van der Waals surface area (Å²) in [5.74, 6) is 0. The summed E-state index contributed by atoms with van der Waals surface area (Å²) in [4.78, 5) is 5.37. The van der Waals surface area contributed by atoms with Gasteiger partial charge < -0.3 is 0 Å². The fourth-order valence-corrected chi connectivity index (χ4v) is 12.2. The summed E-state index contributed by atoms with van der Waals surface area (Å²) in [6.45, 7) is 0. The molecule has 180 valence electrons. The highest BCUT2D eigenvalue weighted by molar-refractivity contribution is 7.45. The predicted octanol–water partition coefficient (Wildman–Crippen LogP) is 12.7. The molecular weight excluding hydrogens is 577 g/mol.